The minimum absolute atomic E-state index is 0.109. The summed E-state index contributed by atoms with van der Waals surface area (Å²) in [5, 5.41) is 15.4. The van der Waals surface area contributed by atoms with Crippen LogP contribution < -0.4 is 4.90 Å². The van der Waals surface area contributed by atoms with E-state index in [2.05, 4.69) is 15.3 Å². The molecule has 0 N–H and O–H groups in total. The molecular formula is C17H17N5OS. The van der Waals surface area contributed by atoms with Gasteiger partial charge in [-0.2, -0.15) is 10.2 Å². The topological polar surface area (TPSA) is 63.9 Å². The molecule has 122 valence electrons. The number of aromatic nitrogens is 4. The van der Waals surface area contributed by atoms with Crippen LogP contribution in [0.25, 0.3) is 10.8 Å². The molecule has 1 atom stereocenters. The molecule has 1 fully saturated rings. The molecule has 6 nitrogen and oxygen atoms in total. The molecule has 4 rings (SSSR count). The van der Waals surface area contributed by atoms with Gasteiger partial charge in [0.05, 0.1) is 17.1 Å². The van der Waals surface area contributed by atoms with Crippen molar-refractivity contribution in [1.29, 1.82) is 0 Å². The number of carbonyl (C=O) groups excluding carboxylic acids is 1. The number of hydrogen-bond acceptors (Lipinski definition) is 5. The Bertz CT molecular complexity index is 917. The van der Waals surface area contributed by atoms with Crippen LogP contribution in [0, 0.1) is 6.92 Å². The van der Waals surface area contributed by atoms with Crippen LogP contribution in [-0.4, -0.2) is 37.7 Å². The van der Waals surface area contributed by atoms with Crippen molar-refractivity contribution >= 4 is 34.3 Å². The number of thioether (sulfide) groups is 1. The second kappa shape index (κ2) is 5.90. The summed E-state index contributed by atoms with van der Waals surface area (Å²) in [4.78, 5) is 14.6. The number of hydrogen-bond donors (Lipinski definition) is 0. The van der Waals surface area contributed by atoms with E-state index in [9.17, 15) is 4.79 Å². The summed E-state index contributed by atoms with van der Waals surface area (Å²) in [6.45, 7) is 2.63. The van der Waals surface area contributed by atoms with Crippen molar-refractivity contribution in [2.24, 2.45) is 7.05 Å². The molecule has 0 spiro atoms. The third-order valence-corrected chi connectivity index (χ3v) is 5.45. The number of amides is 1. The van der Waals surface area contributed by atoms with Gasteiger partial charge in [-0.3, -0.25) is 14.4 Å². The van der Waals surface area contributed by atoms with Crippen LogP contribution in [0.2, 0.25) is 0 Å². The van der Waals surface area contributed by atoms with E-state index < -0.39 is 0 Å². The van der Waals surface area contributed by atoms with Crippen molar-refractivity contribution in [2.75, 3.05) is 11.4 Å². The zero-order valence-electron chi connectivity index (χ0n) is 13.5. The first kappa shape index (κ1) is 15.1. The summed E-state index contributed by atoms with van der Waals surface area (Å²) in [5.74, 6) is 0.960. The molecule has 1 aromatic carbocycles. The highest BCUT2D eigenvalue weighted by atomic mass is 32.2. The van der Waals surface area contributed by atoms with Crippen LogP contribution in [0.1, 0.15) is 12.1 Å². The molecule has 0 bridgehead atoms. The van der Waals surface area contributed by atoms with Gasteiger partial charge in [0.1, 0.15) is 10.8 Å². The number of carbonyl (C=O) groups is 1. The first-order chi connectivity index (χ1) is 11.6. The third kappa shape index (κ3) is 2.54. The second-order valence-corrected chi connectivity index (χ2v) is 7.08. The van der Waals surface area contributed by atoms with Crippen molar-refractivity contribution < 1.29 is 4.79 Å². The van der Waals surface area contributed by atoms with E-state index >= 15 is 0 Å². The molecule has 1 saturated heterocycles. The smallest absolute Gasteiger partial charge is 0.241 e. The molecule has 2 aromatic heterocycles. The highest BCUT2D eigenvalue weighted by Gasteiger charge is 2.35. The quantitative estimate of drug-likeness (QED) is 0.734. The minimum Gasteiger partial charge on any atom is -0.296 e. The molecule has 24 heavy (non-hydrogen) atoms. The molecule has 0 saturated carbocycles. The average Bonchev–Trinajstić information content (AvgIpc) is 3.10. The lowest BCUT2D eigenvalue weighted by Crippen LogP contribution is -2.29. The lowest BCUT2D eigenvalue weighted by atomic mass is 10.2. The van der Waals surface area contributed by atoms with E-state index in [1.165, 1.54) is 11.8 Å². The van der Waals surface area contributed by atoms with E-state index in [1.807, 2.05) is 49.2 Å². The zero-order chi connectivity index (χ0) is 16.7. The van der Waals surface area contributed by atoms with Gasteiger partial charge in [0.2, 0.25) is 5.91 Å². The van der Waals surface area contributed by atoms with E-state index in [1.54, 1.807) is 10.9 Å². The zero-order valence-corrected chi connectivity index (χ0v) is 14.3. The fourth-order valence-electron chi connectivity index (χ4n) is 3.06. The highest BCUT2D eigenvalue weighted by Crippen LogP contribution is 2.35. The molecule has 1 aliphatic heterocycles. The van der Waals surface area contributed by atoms with Crippen molar-refractivity contribution in [2.45, 2.75) is 23.6 Å². The maximum absolute atomic E-state index is 12.8. The van der Waals surface area contributed by atoms with Crippen LogP contribution >= 0.6 is 11.8 Å². The molecule has 0 unspecified atom stereocenters. The predicted molar refractivity (Wildman–Crippen MR) is 94.1 cm³/mol. The first-order valence-corrected chi connectivity index (χ1v) is 8.70. The third-order valence-electron chi connectivity index (χ3n) is 4.20. The monoisotopic (exact) mass is 339 g/mol. The first-order valence-electron chi connectivity index (χ1n) is 7.82. The van der Waals surface area contributed by atoms with Gasteiger partial charge in [-0.15, -0.1) is 5.10 Å². The van der Waals surface area contributed by atoms with E-state index in [0.29, 0.717) is 6.54 Å². The van der Waals surface area contributed by atoms with Gasteiger partial charge < -0.3 is 0 Å². The summed E-state index contributed by atoms with van der Waals surface area (Å²) < 4.78 is 1.76. The minimum atomic E-state index is -0.139. The number of benzene rings is 1. The fourth-order valence-corrected chi connectivity index (χ4v) is 4.19. The Hall–Kier alpha value is -2.41. The maximum atomic E-state index is 12.8. The number of anilines is 1. The number of fused-ring (bicyclic) bond motifs is 1. The van der Waals surface area contributed by atoms with Gasteiger partial charge in [-0.05, 0) is 13.3 Å². The normalized spacial score (nSPS) is 17.8. The lowest BCUT2D eigenvalue weighted by molar-refractivity contribution is -0.116. The Morgan fingerprint density at radius 1 is 1.29 bits per heavy atom. The summed E-state index contributed by atoms with van der Waals surface area (Å²) in [5.41, 5.74) is 0.913. The van der Waals surface area contributed by atoms with Crippen molar-refractivity contribution in [3.05, 3.63) is 42.2 Å². The second-order valence-electron chi connectivity index (χ2n) is 5.89. The summed E-state index contributed by atoms with van der Waals surface area (Å²) in [6.07, 6.45) is 2.54. The number of aryl methyl sites for hydroxylation is 2. The Balaban J connectivity index is 1.60. The predicted octanol–water partition coefficient (Wildman–Crippen LogP) is 2.57. The molecule has 0 aliphatic carbocycles. The summed E-state index contributed by atoms with van der Waals surface area (Å²) in [6, 6.07) is 9.94. The summed E-state index contributed by atoms with van der Waals surface area (Å²) >= 11 is 1.51. The highest BCUT2D eigenvalue weighted by molar-refractivity contribution is 8.00. The molecule has 3 heterocycles. The van der Waals surface area contributed by atoms with Gasteiger partial charge in [0, 0.05) is 30.4 Å². The van der Waals surface area contributed by atoms with Crippen LogP contribution in [0.3, 0.4) is 0 Å². The van der Waals surface area contributed by atoms with Crippen LogP contribution in [0.4, 0.5) is 5.82 Å². The van der Waals surface area contributed by atoms with Crippen molar-refractivity contribution in [1.82, 2.24) is 20.0 Å². The molecule has 3 aromatic rings. The SMILES string of the molecule is Cc1cc(N2CC[C@H](Sc3nncc4ccccc34)C2=O)n(C)n1. The van der Waals surface area contributed by atoms with Crippen LogP contribution in [0.5, 0.6) is 0 Å². The number of rotatable bonds is 3. The largest absolute Gasteiger partial charge is 0.296 e. The molecule has 0 radical (unpaired) electrons. The van der Waals surface area contributed by atoms with Gasteiger partial charge in [-0.1, -0.05) is 36.0 Å². The van der Waals surface area contributed by atoms with E-state index in [-0.39, 0.29) is 11.2 Å². The standard InChI is InChI=1S/C17H17N5OS/c1-11-9-15(21(2)20-11)22-8-7-14(17(22)23)24-16-13-6-4-3-5-12(13)10-18-19-16/h3-6,9-10,14H,7-8H2,1-2H3/t14-/m0/s1. The van der Waals surface area contributed by atoms with E-state index in [0.717, 1.165) is 33.7 Å². The summed E-state index contributed by atoms with van der Waals surface area (Å²) in [7, 11) is 1.87. The van der Waals surface area contributed by atoms with Crippen LogP contribution in [-0.2, 0) is 11.8 Å². The molecule has 1 amide bonds. The van der Waals surface area contributed by atoms with Gasteiger partial charge in [-0.25, -0.2) is 0 Å². The van der Waals surface area contributed by atoms with E-state index in [4.69, 9.17) is 0 Å². The fraction of sp³-hybridized carbons (Fsp3) is 0.294. The Labute approximate surface area is 143 Å². The van der Waals surface area contributed by atoms with Gasteiger partial charge in [0.15, 0.2) is 0 Å². The maximum Gasteiger partial charge on any atom is 0.241 e. The molecule has 1 aliphatic rings. The Morgan fingerprint density at radius 2 is 2.12 bits per heavy atom. The van der Waals surface area contributed by atoms with Gasteiger partial charge >= 0.3 is 0 Å². The molecular weight excluding hydrogens is 322 g/mol. The van der Waals surface area contributed by atoms with Crippen molar-refractivity contribution in [3.63, 3.8) is 0 Å². The average molecular weight is 339 g/mol. The lowest BCUT2D eigenvalue weighted by Gasteiger charge is -2.16. The van der Waals surface area contributed by atoms with Crippen LogP contribution in [0.15, 0.2) is 41.6 Å². The Kier molecular flexibility index (Phi) is 3.72. The Morgan fingerprint density at radius 3 is 2.92 bits per heavy atom. The number of nitrogens with zero attached hydrogens (tertiary/aromatic N) is 5. The van der Waals surface area contributed by atoms with Crippen molar-refractivity contribution in [3.8, 4) is 0 Å². The molecule has 7 heteroatoms. The van der Waals surface area contributed by atoms with Gasteiger partial charge in [0.25, 0.3) is 0 Å².